The first-order valence-electron chi connectivity index (χ1n) is 10.5. The number of carboxylic acid groups (broad SMARTS) is 1. The Kier molecular flexibility index (Phi) is 6.04. The summed E-state index contributed by atoms with van der Waals surface area (Å²) in [5.41, 5.74) is 3.36. The van der Waals surface area contributed by atoms with E-state index in [9.17, 15) is 9.90 Å². The Balaban J connectivity index is 1.51. The molecule has 0 saturated carbocycles. The van der Waals surface area contributed by atoms with Crippen LogP contribution in [0.5, 0.6) is 5.75 Å². The number of benzene rings is 2. The molecule has 2 heterocycles. The van der Waals surface area contributed by atoms with Gasteiger partial charge in [-0.05, 0) is 54.6 Å². The van der Waals surface area contributed by atoms with Crippen molar-refractivity contribution >= 4 is 17.0 Å². The van der Waals surface area contributed by atoms with Crippen LogP contribution >= 0.6 is 0 Å². The van der Waals surface area contributed by atoms with Gasteiger partial charge in [0, 0.05) is 33.0 Å². The van der Waals surface area contributed by atoms with E-state index in [-0.39, 0.29) is 18.3 Å². The van der Waals surface area contributed by atoms with Gasteiger partial charge < -0.3 is 14.4 Å². The molecule has 0 bridgehead atoms. The lowest BCUT2D eigenvalue weighted by Crippen LogP contribution is -2.42. The van der Waals surface area contributed by atoms with Crippen molar-refractivity contribution < 1.29 is 14.6 Å². The number of ether oxygens (including phenoxy) is 1. The van der Waals surface area contributed by atoms with E-state index < -0.39 is 5.97 Å². The Morgan fingerprint density at radius 3 is 2.63 bits per heavy atom. The molecule has 0 aliphatic carbocycles. The maximum atomic E-state index is 11.5. The fourth-order valence-electron chi connectivity index (χ4n) is 4.63. The highest BCUT2D eigenvalue weighted by Crippen LogP contribution is 2.31. The van der Waals surface area contributed by atoms with Gasteiger partial charge in [-0.15, -0.1) is 0 Å². The Hall–Kier alpha value is -2.86. The summed E-state index contributed by atoms with van der Waals surface area (Å²) < 4.78 is 7.40. The van der Waals surface area contributed by atoms with Crippen LogP contribution in [0.1, 0.15) is 24.2 Å². The lowest BCUT2D eigenvalue weighted by molar-refractivity contribution is -0.139. The summed E-state index contributed by atoms with van der Waals surface area (Å²) in [5, 5.41) is 9.42. The van der Waals surface area contributed by atoms with Crippen molar-refractivity contribution in [3.05, 3.63) is 59.9 Å². The lowest BCUT2D eigenvalue weighted by atomic mass is 9.81. The fraction of sp³-hybridized carbons (Fsp3) is 0.417. The first kappa shape index (κ1) is 20.4. The van der Waals surface area contributed by atoms with E-state index in [4.69, 9.17) is 9.72 Å². The monoisotopic (exact) mass is 407 g/mol. The number of imidazole rings is 1. The number of aliphatic carboxylic acids is 1. The number of likely N-dealkylation sites (tertiary alicyclic amines) is 1. The zero-order chi connectivity index (χ0) is 21.1. The van der Waals surface area contributed by atoms with Gasteiger partial charge >= 0.3 is 5.97 Å². The second-order valence-corrected chi connectivity index (χ2v) is 8.27. The number of fused-ring (bicyclic) bond motifs is 1. The molecule has 6 heteroatoms. The molecule has 158 valence electrons. The Morgan fingerprint density at radius 1 is 1.17 bits per heavy atom. The van der Waals surface area contributed by atoms with Crippen LogP contribution in [0, 0.1) is 11.8 Å². The molecular weight excluding hydrogens is 378 g/mol. The van der Waals surface area contributed by atoms with Crippen LogP contribution < -0.4 is 4.74 Å². The Labute approximate surface area is 177 Å². The molecule has 6 nitrogen and oxygen atoms in total. The summed E-state index contributed by atoms with van der Waals surface area (Å²) in [7, 11) is 3.72. The maximum Gasteiger partial charge on any atom is 0.303 e. The smallest absolute Gasteiger partial charge is 0.303 e. The molecule has 1 saturated heterocycles. The van der Waals surface area contributed by atoms with Gasteiger partial charge in [-0.3, -0.25) is 9.69 Å². The lowest BCUT2D eigenvalue weighted by Gasteiger charge is -2.38. The van der Waals surface area contributed by atoms with Crippen LogP contribution in [-0.4, -0.2) is 45.7 Å². The molecule has 4 rings (SSSR count). The number of hydrogen-bond acceptors (Lipinski definition) is 4. The largest absolute Gasteiger partial charge is 0.497 e. The Bertz CT molecular complexity index is 1010. The average molecular weight is 408 g/mol. The highest BCUT2D eigenvalue weighted by Gasteiger charge is 2.32. The quantitative estimate of drug-likeness (QED) is 0.646. The van der Waals surface area contributed by atoms with E-state index >= 15 is 0 Å². The molecule has 0 amide bonds. The zero-order valence-corrected chi connectivity index (χ0v) is 17.6. The molecule has 2 atom stereocenters. The van der Waals surface area contributed by atoms with Gasteiger partial charge in [0.2, 0.25) is 0 Å². The predicted octanol–water partition coefficient (Wildman–Crippen LogP) is 3.74. The van der Waals surface area contributed by atoms with Gasteiger partial charge in [-0.1, -0.05) is 24.3 Å². The summed E-state index contributed by atoms with van der Waals surface area (Å²) in [6.45, 7) is 2.67. The number of rotatable bonds is 7. The second kappa shape index (κ2) is 8.88. The number of para-hydroxylation sites is 2. The molecule has 3 aromatic rings. The SMILES string of the molecule is COc1ccc(CN2CCC(CC(=O)O)C(Cc3nc4ccccc4n3C)C2)cc1. The number of aryl methyl sites for hydroxylation is 1. The van der Waals surface area contributed by atoms with E-state index in [0.717, 1.165) is 55.1 Å². The molecule has 1 aliphatic heterocycles. The molecule has 30 heavy (non-hydrogen) atoms. The minimum absolute atomic E-state index is 0.175. The number of hydrogen-bond donors (Lipinski definition) is 1. The van der Waals surface area contributed by atoms with Crippen molar-refractivity contribution in [2.75, 3.05) is 20.2 Å². The van der Waals surface area contributed by atoms with Gasteiger partial charge in [-0.2, -0.15) is 0 Å². The first-order valence-corrected chi connectivity index (χ1v) is 10.5. The predicted molar refractivity (Wildman–Crippen MR) is 117 cm³/mol. The summed E-state index contributed by atoms with van der Waals surface area (Å²) in [5.74, 6) is 1.62. The third-order valence-electron chi connectivity index (χ3n) is 6.30. The van der Waals surface area contributed by atoms with Crippen molar-refractivity contribution in [2.24, 2.45) is 18.9 Å². The third-order valence-corrected chi connectivity index (χ3v) is 6.30. The molecule has 2 aromatic carbocycles. The highest BCUT2D eigenvalue weighted by molar-refractivity contribution is 5.75. The van der Waals surface area contributed by atoms with Crippen LogP contribution in [-0.2, 0) is 24.8 Å². The van der Waals surface area contributed by atoms with E-state index in [1.54, 1.807) is 7.11 Å². The molecular formula is C24H29N3O3. The van der Waals surface area contributed by atoms with Gasteiger partial charge in [0.15, 0.2) is 0 Å². The number of carboxylic acids is 1. The van der Waals surface area contributed by atoms with E-state index in [1.165, 1.54) is 5.56 Å². The van der Waals surface area contributed by atoms with Gasteiger partial charge in [-0.25, -0.2) is 4.98 Å². The normalized spacial score (nSPS) is 19.8. The van der Waals surface area contributed by atoms with Crippen molar-refractivity contribution in [1.82, 2.24) is 14.5 Å². The molecule has 0 spiro atoms. The summed E-state index contributed by atoms with van der Waals surface area (Å²) in [4.78, 5) is 18.7. The minimum Gasteiger partial charge on any atom is -0.497 e. The molecule has 1 aliphatic rings. The first-order chi connectivity index (χ1) is 14.5. The van der Waals surface area contributed by atoms with Crippen molar-refractivity contribution in [1.29, 1.82) is 0 Å². The molecule has 1 aromatic heterocycles. The highest BCUT2D eigenvalue weighted by atomic mass is 16.5. The van der Waals surface area contributed by atoms with E-state index in [1.807, 2.05) is 30.3 Å². The van der Waals surface area contributed by atoms with E-state index in [2.05, 4.69) is 34.7 Å². The van der Waals surface area contributed by atoms with Gasteiger partial charge in [0.05, 0.1) is 18.1 Å². The minimum atomic E-state index is -0.710. The summed E-state index contributed by atoms with van der Waals surface area (Å²) in [6, 6.07) is 16.3. The van der Waals surface area contributed by atoms with Crippen LogP contribution in [0.3, 0.4) is 0 Å². The van der Waals surface area contributed by atoms with Crippen molar-refractivity contribution in [2.45, 2.75) is 25.8 Å². The van der Waals surface area contributed by atoms with Crippen LogP contribution in [0.2, 0.25) is 0 Å². The molecule has 2 unspecified atom stereocenters. The fourth-order valence-corrected chi connectivity index (χ4v) is 4.63. The average Bonchev–Trinajstić information content (AvgIpc) is 3.06. The van der Waals surface area contributed by atoms with Crippen LogP contribution in [0.25, 0.3) is 11.0 Å². The molecule has 0 radical (unpaired) electrons. The van der Waals surface area contributed by atoms with Crippen molar-refractivity contribution in [3.63, 3.8) is 0 Å². The van der Waals surface area contributed by atoms with Crippen molar-refractivity contribution in [3.8, 4) is 5.75 Å². The number of carbonyl (C=O) groups is 1. The third kappa shape index (κ3) is 4.49. The zero-order valence-electron chi connectivity index (χ0n) is 17.6. The number of aromatic nitrogens is 2. The number of piperidine rings is 1. The van der Waals surface area contributed by atoms with Crippen LogP contribution in [0.15, 0.2) is 48.5 Å². The molecule has 1 N–H and O–H groups in total. The standard InChI is InChI=1S/C24H29N3O3/c1-26-22-6-4-3-5-21(22)25-23(26)13-19-16-27(12-11-18(19)14-24(28)29)15-17-7-9-20(30-2)10-8-17/h3-10,18-19H,11-16H2,1-2H3,(H,28,29). The topological polar surface area (TPSA) is 67.6 Å². The van der Waals surface area contributed by atoms with E-state index in [0.29, 0.717) is 0 Å². The maximum absolute atomic E-state index is 11.5. The molecule has 1 fully saturated rings. The van der Waals surface area contributed by atoms with Gasteiger partial charge in [0.25, 0.3) is 0 Å². The number of nitrogens with zero attached hydrogens (tertiary/aromatic N) is 3. The summed E-state index contributed by atoms with van der Waals surface area (Å²) in [6.07, 6.45) is 1.92. The second-order valence-electron chi connectivity index (χ2n) is 8.27. The van der Waals surface area contributed by atoms with Crippen LogP contribution in [0.4, 0.5) is 0 Å². The Morgan fingerprint density at radius 2 is 1.93 bits per heavy atom. The number of methoxy groups -OCH3 is 1. The van der Waals surface area contributed by atoms with Gasteiger partial charge in [0.1, 0.15) is 11.6 Å². The summed E-state index contributed by atoms with van der Waals surface area (Å²) >= 11 is 0.